The Balaban J connectivity index is 1.50. The first-order valence-corrected chi connectivity index (χ1v) is 11.9. The van der Waals surface area contributed by atoms with Gasteiger partial charge in [-0.05, 0) is 37.0 Å². The summed E-state index contributed by atoms with van der Waals surface area (Å²) in [5.74, 6) is 0.148. The van der Waals surface area contributed by atoms with Crippen molar-refractivity contribution in [3.8, 4) is 28.3 Å². The Morgan fingerprint density at radius 3 is 2.31 bits per heavy atom. The molecule has 1 aliphatic carbocycles. The van der Waals surface area contributed by atoms with E-state index in [9.17, 15) is 15.0 Å². The number of hydrogen-bond acceptors (Lipinski definition) is 6. The molecule has 7 nitrogen and oxygen atoms in total. The summed E-state index contributed by atoms with van der Waals surface area (Å²) in [6.45, 7) is -0.493. The van der Waals surface area contributed by atoms with Gasteiger partial charge in [0.15, 0.2) is 18.3 Å². The highest BCUT2D eigenvalue weighted by Gasteiger charge is 2.55. The van der Waals surface area contributed by atoms with Crippen molar-refractivity contribution in [2.75, 3.05) is 6.61 Å². The van der Waals surface area contributed by atoms with Crippen molar-refractivity contribution in [2.24, 2.45) is 0 Å². The molecule has 2 unspecified atom stereocenters. The summed E-state index contributed by atoms with van der Waals surface area (Å²) >= 11 is 0. The lowest BCUT2D eigenvalue weighted by Crippen LogP contribution is -2.49. The Kier molecular flexibility index (Phi) is 6.35. The minimum absolute atomic E-state index is 0.0103. The number of aromatic nitrogens is 1. The number of hydrogen-bond donors (Lipinski definition) is 3. The molecular weight excluding hydrogens is 458 g/mol. The van der Waals surface area contributed by atoms with Crippen LogP contribution in [0.4, 0.5) is 0 Å². The molecule has 1 heterocycles. The van der Waals surface area contributed by atoms with Crippen LogP contribution in [0, 0.1) is 0 Å². The fourth-order valence-corrected chi connectivity index (χ4v) is 4.98. The lowest BCUT2D eigenvalue weighted by molar-refractivity contribution is -0.139. The van der Waals surface area contributed by atoms with Crippen molar-refractivity contribution < 1.29 is 29.3 Å². The number of benzene rings is 3. The third-order valence-corrected chi connectivity index (χ3v) is 6.77. The summed E-state index contributed by atoms with van der Waals surface area (Å²) in [6.07, 6.45) is 1.30. The fourth-order valence-electron chi connectivity index (χ4n) is 4.98. The standard InChI is InChI=1S/C29H27NO6/c31-25(32)19-35-23-14-7-13-22(17-23)29(34)16-8-15-28(29,33)18-24-30-26(20-9-3-1-4-10-20)27(36-24)21-11-5-2-6-12-21/h1-7,9-14,17,33-34H,8,15-16,18-19H2,(H,31,32). The summed E-state index contributed by atoms with van der Waals surface area (Å²) < 4.78 is 11.5. The van der Waals surface area contributed by atoms with Gasteiger partial charge in [-0.15, -0.1) is 0 Å². The third-order valence-electron chi connectivity index (χ3n) is 6.77. The first-order valence-electron chi connectivity index (χ1n) is 11.9. The molecule has 1 aromatic heterocycles. The number of carbonyl (C=O) groups is 1. The molecule has 3 N–H and O–H groups in total. The molecule has 184 valence electrons. The van der Waals surface area contributed by atoms with E-state index >= 15 is 0 Å². The van der Waals surface area contributed by atoms with Crippen molar-refractivity contribution in [2.45, 2.75) is 36.9 Å². The van der Waals surface area contributed by atoms with Crippen LogP contribution in [0.3, 0.4) is 0 Å². The van der Waals surface area contributed by atoms with Crippen molar-refractivity contribution in [3.63, 3.8) is 0 Å². The number of rotatable bonds is 8. The maximum absolute atomic E-state index is 11.8. The minimum atomic E-state index is -1.58. The molecule has 0 radical (unpaired) electrons. The molecule has 2 atom stereocenters. The summed E-state index contributed by atoms with van der Waals surface area (Å²) in [5.41, 5.74) is -0.223. The number of carboxylic acid groups (broad SMARTS) is 1. The van der Waals surface area contributed by atoms with E-state index in [1.165, 1.54) is 0 Å². The van der Waals surface area contributed by atoms with Gasteiger partial charge in [0, 0.05) is 11.1 Å². The van der Waals surface area contributed by atoms with Gasteiger partial charge in [0.25, 0.3) is 0 Å². The number of oxazole rings is 1. The number of carboxylic acids is 1. The third kappa shape index (κ3) is 4.51. The molecule has 0 bridgehead atoms. The number of aliphatic carboxylic acids is 1. The van der Waals surface area contributed by atoms with Crippen molar-refractivity contribution in [1.29, 1.82) is 0 Å². The van der Waals surface area contributed by atoms with Crippen molar-refractivity contribution >= 4 is 5.97 Å². The highest BCUT2D eigenvalue weighted by Crippen LogP contribution is 2.49. The molecule has 1 saturated carbocycles. The molecule has 1 fully saturated rings. The molecule has 0 saturated heterocycles. The molecule has 3 aromatic carbocycles. The Morgan fingerprint density at radius 2 is 1.61 bits per heavy atom. The van der Waals surface area contributed by atoms with Crippen LogP contribution in [0.1, 0.15) is 30.7 Å². The lowest BCUT2D eigenvalue weighted by Gasteiger charge is -2.38. The zero-order valence-corrected chi connectivity index (χ0v) is 19.6. The molecule has 1 aliphatic rings. The number of nitrogens with zero attached hydrogens (tertiary/aromatic N) is 1. The van der Waals surface area contributed by atoms with Crippen LogP contribution in [-0.2, 0) is 16.8 Å². The van der Waals surface area contributed by atoms with Crippen LogP contribution < -0.4 is 4.74 Å². The monoisotopic (exact) mass is 485 g/mol. The van der Waals surface area contributed by atoms with Crippen molar-refractivity contribution in [3.05, 3.63) is 96.4 Å². The molecule has 4 aromatic rings. The molecule has 7 heteroatoms. The molecular formula is C29H27NO6. The van der Waals surface area contributed by atoms with E-state index in [-0.39, 0.29) is 6.42 Å². The highest BCUT2D eigenvalue weighted by atomic mass is 16.5. The molecule has 0 aliphatic heterocycles. The second kappa shape index (κ2) is 9.60. The fraction of sp³-hybridized carbons (Fsp3) is 0.241. The van der Waals surface area contributed by atoms with Gasteiger partial charge in [0.05, 0.1) is 6.42 Å². The van der Waals surface area contributed by atoms with E-state index in [1.807, 2.05) is 60.7 Å². The summed E-state index contributed by atoms with van der Waals surface area (Å²) in [5, 5.41) is 32.5. The van der Waals surface area contributed by atoms with Gasteiger partial charge < -0.3 is 24.5 Å². The van der Waals surface area contributed by atoms with Gasteiger partial charge in [-0.3, -0.25) is 0 Å². The van der Waals surface area contributed by atoms with Crippen LogP contribution in [0.5, 0.6) is 5.75 Å². The normalized spacial score (nSPS) is 21.4. The summed E-state index contributed by atoms with van der Waals surface area (Å²) in [6, 6.07) is 26.0. The van der Waals surface area contributed by atoms with E-state index in [4.69, 9.17) is 19.2 Å². The first-order chi connectivity index (χ1) is 17.4. The van der Waals surface area contributed by atoms with Gasteiger partial charge in [-0.1, -0.05) is 72.8 Å². The molecule has 0 amide bonds. The van der Waals surface area contributed by atoms with Gasteiger partial charge in [0.1, 0.15) is 22.6 Å². The van der Waals surface area contributed by atoms with E-state index in [0.717, 1.165) is 11.1 Å². The molecule has 5 rings (SSSR count). The zero-order chi connectivity index (χ0) is 25.2. The van der Waals surface area contributed by atoms with E-state index in [1.54, 1.807) is 24.3 Å². The van der Waals surface area contributed by atoms with Crippen LogP contribution in [0.15, 0.2) is 89.3 Å². The largest absolute Gasteiger partial charge is 0.482 e. The van der Waals surface area contributed by atoms with Gasteiger partial charge in [0.2, 0.25) is 0 Å². The Hall–Kier alpha value is -3.94. The second-order valence-electron chi connectivity index (χ2n) is 9.15. The number of aliphatic hydroxyl groups is 2. The summed E-state index contributed by atoms with van der Waals surface area (Å²) in [7, 11) is 0. The van der Waals surface area contributed by atoms with Crippen LogP contribution in [-0.4, -0.2) is 38.5 Å². The van der Waals surface area contributed by atoms with Gasteiger partial charge >= 0.3 is 5.97 Å². The second-order valence-corrected chi connectivity index (χ2v) is 9.15. The average molecular weight is 486 g/mol. The topological polar surface area (TPSA) is 113 Å². The first kappa shape index (κ1) is 23.8. The smallest absolute Gasteiger partial charge is 0.341 e. The predicted molar refractivity (Wildman–Crippen MR) is 133 cm³/mol. The number of ether oxygens (including phenoxy) is 1. The van der Waals surface area contributed by atoms with Crippen molar-refractivity contribution in [1.82, 2.24) is 4.98 Å². The molecule has 0 spiro atoms. The lowest BCUT2D eigenvalue weighted by atomic mass is 9.78. The van der Waals surface area contributed by atoms with Crippen LogP contribution >= 0.6 is 0 Å². The molecule has 36 heavy (non-hydrogen) atoms. The highest BCUT2D eigenvalue weighted by molar-refractivity contribution is 5.76. The summed E-state index contributed by atoms with van der Waals surface area (Å²) in [4.78, 5) is 15.6. The van der Waals surface area contributed by atoms with Gasteiger partial charge in [-0.25, -0.2) is 9.78 Å². The quantitative estimate of drug-likeness (QED) is 0.328. The maximum Gasteiger partial charge on any atom is 0.341 e. The van der Waals surface area contributed by atoms with E-state index < -0.39 is 23.8 Å². The average Bonchev–Trinajstić information content (AvgIpc) is 3.45. The van der Waals surface area contributed by atoms with E-state index in [0.29, 0.717) is 47.9 Å². The Labute approximate surface area is 208 Å². The minimum Gasteiger partial charge on any atom is -0.482 e. The van der Waals surface area contributed by atoms with Crippen LogP contribution in [0.25, 0.3) is 22.6 Å². The van der Waals surface area contributed by atoms with E-state index in [2.05, 4.69) is 0 Å². The van der Waals surface area contributed by atoms with Gasteiger partial charge in [-0.2, -0.15) is 0 Å². The predicted octanol–water partition coefficient (Wildman–Crippen LogP) is 4.82. The Morgan fingerprint density at radius 1 is 0.917 bits per heavy atom. The van der Waals surface area contributed by atoms with Crippen LogP contribution in [0.2, 0.25) is 0 Å². The zero-order valence-electron chi connectivity index (χ0n) is 19.6. The Bertz CT molecular complexity index is 1300. The maximum atomic E-state index is 11.8. The SMILES string of the molecule is O=C(O)COc1cccc(C2(O)CCCC2(O)Cc2nc(-c3ccccc3)c(-c3ccccc3)o2)c1.